The lowest BCUT2D eigenvalue weighted by Crippen LogP contribution is -2.42. The smallest absolute Gasteiger partial charge is 0.289 e. The highest BCUT2D eigenvalue weighted by Crippen LogP contribution is 2.26. The number of amides is 1. The van der Waals surface area contributed by atoms with Gasteiger partial charge in [0.1, 0.15) is 17.3 Å². The summed E-state index contributed by atoms with van der Waals surface area (Å²) in [5.41, 5.74) is 0.639. The van der Waals surface area contributed by atoms with Crippen molar-refractivity contribution >= 4 is 23.5 Å². The zero-order valence-electron chi connectivity index (χ0n) is 17.5. The minimum Gasteiger partial charge on any atom is -0.457 e. The van der Waals surface area contributed by atoms with Gasteiger partial charge in [-0.1, -0.05) is 18.2 Å². The van der Waals surface area contributed by atoms with Crippen LogP contribution in [0.1, 0.15) is 39.5 Å². The first kappa shape index (κ1) is 21.2. The van der Waals surface area contributed by atoms with E-state index >= 15 is 0 Å². The maximum Gasteiger partial charge on any atom is 0.289 e. The molecule has 5 nitrogen and oxygen atoms in total. The van der Waals surface area contributed by atoms with Gasteiger partial charge in [0.2, 0.25) is 0 Å². The standard InChI is InChI=1S/C25H25NO4S/c1-31-17-22-13-14-23(30-22)25(28)26-15-5-6-19(16-26)24(27)18-9-11-21(12-10-18)29-20-7-3-2-4-8-20/h2-4,7-14,19H,5-6,15-17H2,1H3/t19-/m0/s1. The maximum atomic E-state index is 13.1. The number of ether oxygens (including phenoxy) is 1. The highest BCUT2D eigenvalue weighted by Gasteiger charge is 2.30. The van der Waals surface area contributed by atoms with Gasteiger partial charge in [0.25, 0.3) is 5.91 Å². The van der Waals surface area contributed by atoms with E-state index < -0.39 is 0 Å². The lowest BCUT2D eigenvalue weighted by Gasteiger charge is -2.31. The number of furan rings is 1. The van der Waals surface area contributed by atoms with E-state index in [1.54, 1.807) is 34.9 Å². The quantitative estimate of drug-likeness (QED) is 0.448. The lowest BCUT2D eigenvalue weighted by molar-refractivity contribution is 0.0609. The number of hydrogen-bond acceptors (Lipinski definition) is 5. The molecule has 0 spiro atoms. The zero-order valence-corrected chi connectivity index (χ0v) is 18.3. The van der Waals surface area contributed by atoms with E-state index in [1.165, 1.54) is 0 Å². The molecule has 1 amide bonds. The van der Waals surface area contributed by atoms with Crippen LogP contribution in [-0.2, 0) is 5.75 Å². The Kier molecular flexibility index (Phi) is 6.77. The van der Waals surface area contributed by atoms with Crippen LogP contribution in [0.5, 0.6) is 11.5 Å². The second kappa shape index (κ2) is 9.88. The molecule has 0 unspecified atom stereocenters. The Labute approximate surface area is 186 Å². The fourth-order valence-electron chi connectivity index (χ4n) is 3.79. The van der Waals surface area contributed by atoms with E-state index in [9.17, 15) is 9.59 Å². The van der Waals surface area contributed by atoms with Gasteiger partial charge in [-0.25, -0.2) is 0 Å². The molecule has 3 aromatic rings. The summed E-state index contributed by atoms with van der Waals surface area (Å²) >= 11 is 1.65. The van der Waals surface area contributed by atoms with Gasteiger partial charge in [0.15, 0.2) is 11.5 Å². The number of carbonyl (C=O) groups excluding carboxylic acids is 2. The van der Waals surface area contributed by atoms with E-state index in [-0.39, 0.29) is 17.6 Å². The Morgan fingerprint density at radius 3 is 2.52 bits per heavy atom. The molecule has 1 aromatic heterocycles. The van der Waals surface area contributed by atoms with Crippen molar-refractivity contribution in [1.29, 1.82) is 0 Å². The van der Waals surface area contributed by atoms with E-state index in [0.717, 1.165) is 30.1 Å². The molecular weight excluding hydrogens is 410 g/mol. The lowest BCUT2D eigenvalue weighted by atomic mass is 9.90. The Bertz CT molecular complexity index is 1030. The predicted molar refractivity (Wildman–Crippen MR) is 122 cm³/mol. The van der Waals surface area contributed by atoms with Crippen LogP contribution in [0.3, 0.4) is 0 Å². The van der Waals surface area contributed by atoms with Crippen molar-refractivity contribution in [2.75, 3.05) is 19.3 Å². The van der Waals surface area contributed by atoms with Gasteiger partial charge in [-0.15, -0.1) is 0 Å². The second-order valence-electron chi connectivity index (χ2n) is 7.59. The summed E-state index contributed by atoms with van der Waals surface area (Å²) in [5.74, 6) is 3.02. The minimum atomic E-state index is -0.209. The molecule has 1 aliphatic rings. The minimum absolute atomic E-state index is 0.0614. The number of likely N-dealkylation sites (tertiary alicyclic amines) is 1. The Morgan fingerprint density at radius 1 is 1.03 bits per heavy atom. The number of rotatable bonds is 7. The van der Waals surface area contributed by atoms with Crippen molar-refractivity contribution in [2.24, 2.45) is 5.92 Å². The first-order valence-electron chi connectivity index (χ1n) is 10.4. The van der Waals surface area contributed by atoms with E-state index in [0.29, 0.717) is 30.2 Å². The number of ketones is 1. The van der Waals surface area contributed by atoms with Crippen LogP contribution >= 0.6 is 11.8 Å². The number of benzene rings is 2. The second-order valence-corrected chi connectivity index (χ2v) is 8.46. The molecule has 0 N–H and O–H groups in total. The Hall–Kier alpha value is -2.99. The van der Waals surface area contributed by atoms with Crippen molar-refractivity contribution in [3.63, 3.8) is 0 Å². The molecule has 2 aromatic carbocycles. The number of thioether (sulfide) groups is 1. The average molecular weight is 436 g/mol. The topological polar surface area (TPSA) is 59.8 Å². The normalized spacial score (nSPS) is 16.2. The summed E-state index contributed by atoms with van der Waals surface area (Å²) in [4.78, 5) is 27.6. The molecule has 0 bridgehead atoms. The number of para-hydroxylation sites is 1. The summed E-state index contributed by atoms with van der Waals surface area (Å²) in [6.45, 7) is 1.06. The van der Waals surface area contributed by atoms with Crippen LogP contribution in [0, 0.1) is 5.92 Å². The molecule has 1 fully saturated rings. The fraction of sp³-hybridized carbons (Fsp3) is 0.280. The number of piperidine rings is 1. The fourth-order valence-corrected chi connectivity index (χ4v) is 4.23. The molecule has 1 atom stereocenters. The van der Waals surface area contributed by atoms with Crippen molar-refractivity contribution < 1.29 is 18.7 Å². The summed E-state index contributed by atoms with van der Waals surface area (Å²) in [6.07, 6.45) is 3.57. The molecule has 31 heavy (non-hydrogen) atoms. The molecule has 4 rings (SSSR count). The molecule has 0 radical (unpaired) electrons. The van der Waals surface area contributed by atoms with E-state index in [4.69, 9.17) is 9.15 Å². The molecule has 1 saturated heterocycles. The van der Waals surface area contributed by atoms with Crippen molar-refractivity contribution in [3.05, 3.63) is 83.8 Å². The maximum absolute atomic E-state index is 13.1. The first-order valence-corrected chi connectivity index (χ1v) is 11.8. The molecule has 2 heterocycles. The summed E-state index contributed by atoms with van der Waals surface area (Å²) in [5, 5.41) is 0. The van der Waals surface area contributed by atoms with Gasteiger partial charge in [-0.3, -0.25) is 9.59 Å². The third-order valence-corrected chi connectivity index (χ3v) is 5.93. The van der Waals surface area contributed by atoms with Crippen LogP contribution in [0.2, 0.25) is 0 Å². The molecular formula is C25H25NO4S. The third-order valence-electron chi connectivity index (χ3n) is 5.36. The predicted octanol–water partition coefficient (Wildman–Crippen LogP) is 5.67. The van der Waals surface area contributed by atoms with Crippen LogP contribution in [0.15, 0.2) is 71.1 Å². The monoisotopic (exact) mass is 435 g/mol. The highest BCUT2D eigenvalue weighted by molar-refractivity contribution is 7.97. The van der Waals surface area contributed by atoms with E-state index in [1.807, 2.05) is 54.8 Å². The van der Waals surface area contributed by atoms with Crippen molar-refractivity contribution in [3.8, 4) is 11.5 Å². The zero-order chi connectivity index (χ0) is 21.6. The van der Waals surface area contributed by atoms with Gasteiger partial charge in [0.05, 0.1) is 5.75 Å². The van der Waals surface area contributed by atoms with Crippen LogP contribution < -0.4 is 4.74 Å². The van der Waals surface area contributed by atoms with Gasteiger partial charge in [-0.05, 0) is 67.6 Å². The number of Topliss-reactive ketones (excluding diaryl/α,β-unsaturated/α-hetero) is 1. The summed E-state index contributed by atoms with van der Waals surface area (Å²) in [7, 11) is 0. The first-order chi connectivity index (χ1) is 15.1. The highest BCUT2D eigenvalue weighted by atomic mass is 32.2. The van der Waals surface area contributed by atoms with Gasteiger partial charge < -0.3 is 14.1 Å². The van der Waals surface area contributed by atoms with Gasteiger partial charge in [0, 0.05) is 24.6 Å². The molecule has 0 aliphatic carbocycles. The number of carbonyl (C=O) groups is 2. The average Bonchev–Trinajstić information content (AvgIpc) is 3.28. The molecule has 6 heteroatoms. The SMILES string of the molecule is CSCc1ccc(C(=O)N2CCC[C@H](C(=O)c3ccc(Oc4ccccc4)cc3)C2)o1. The Morgan fingerprint density at radius 2 is 1.77 bits per heavy atom. The summed E-state index contributed by atoms with van der Waals surface area (Å²) < 4.78 is 11.5. The van der Waals surface area contributed by atoms with Crippen LogP contribution in [0.25, 0.3) is 0 Å². The van der Waals surface area contributed by atoms with Crippen molar-refractivity contribution in [2.45, 2.75) is 18.6 Å². The molecule has 160 valence electrons. The van der Waals surface area contributed by atoms with Gasteiger partial charge >= 0.3 is 0 Å². The Balaban J connectivity index is 1.39. The third kappa shape index (κ3) is 5.20. The summed E-state index contributed by atoms with van der Waals surface area (Å²) in [6, 6.07) is 20.3. The van der Waals surface area contributed by atoms with E-state index in [2.05, 4.69) is 0 Å². The van der Waals surface area contributed by atoms with Crippen molar-refractivity contribution in [1.82, 2.24) is 4.90 Å². The van der Waals surface area contributed by atoms with Gasteiger partial charge in [-0.2, -0.15) is 11.8 Å². The molecule has 1 aliphatic heterocycles. The largest absolute Gasteiger partial charge is 0.457 e. The van der Waals surface area contributed by atoms with Crippen LogP contribution in [0.4, 0.5) is 0 Å². The molecule has 0 saturated carbocycles. The number of nitrogens with zero attached hydrogens (tertiary/aromatic N) is 1. The van der Waals surface area contributed by atoms with Crippen LogP contribution in [-0.4, -0.2) is 35.9 Å². The number of hydrogen-bond donors (Lipinski definition) is 0.